The van der Waals surface area contributed by atoms with Crippen LogP contribution < -0.4 is 0 Å². The Morgan fingerprint density at radius 3 is 2.29 bits per heavy atom. The summed E-state index contributed by atoms with van der Waals surface area (Å²) in [5, 5.41) is 2.09. The minimum absolute atomic E-state index is 0.532. The summed E-state index contributed by atoms with van der Waals surface area (Å²) in [6, 6.07) is 0. The van der Waals surface area contributed by atoms with Crippen LogP contribution in [0, 0.1) is 0 Å². The van der Waals surface area contributed by atoms with E-state index in [0.29, 0.717) is 19.8 Å². The first-order valence-electron chi connectivity index (χ1n) is 5.00. The van der Waals surface area contributed by atoms with Gasteiger partial charge in [-0.15, -0.1) is 0 Å². The van der Waals surface area contributed by atoms with Crippen LogP contribution >= 0.6 is 0 Å². The number of rotatable bonds is 8. The molecule has 82 valence electrons. The molecule has 0 heterocycles. The van der Waals surface area contributed by atoms with Crippen LogP contribution in [0.4, 0.5) is 0 Å². The van der Waals surface area contributed by atoms with Gasteiger partial charge in [-0.3, -0.25) is 0 Å². The molecule has 0 radical (unpaired) electrons. The normalized spacial score (nSPS) is 11.1. The summed E-state index contributed by atoms with van der Waals surface area (Å²) < 4.78 is 12.3. The monoisotopic (exact) mass is 237 g/mol. The van der Waals surface area contributed by atoms with Crippen molar-refractivity contribution in [2.45, 2.75) is 30.2 Å². The van der Waals surface area contributed by atoms with Crippen molar-refractivity contribution in [1.29, 1.82) is 0 Å². The van der Waals surface area contributed by atoms with E-state index >= 15 is 0 Å². The summed E-state index contributed by atoms with van der Waals surface area (Å²) in [6.45, 7) is 5.89. The summed E-state index contributed by atoms with van der Waals surface area (Å²) in [5.74, 6) is 0. The molecular weight excluding hydrogens is 218 g/mol. The molecule has 0 aliphatic rings. The van der Waals surface area contributed by atoms with Gasteiger partial charge in [-0.1, -0.05) is 0 Å². The first kappa shape index (κ1) is 14.0. The van der Waals surface area contributed by atoms with Crippen LogP contribution in [-0.4, -0.2) is 25.8 Å². The quantitative estimate of drug-likeness (QED) is 0.281. The molecule has 0 amide bonds. The van der Waals surface area contributed by atoms with E-state index in [2.05, 4.69) is 10.2 Å². The van der Waals surface area contributed by atoms with Gasteiger partial charge in [-0.25, -0.2) is 0 Å². The first-order valence-corrected chi connectivity index (χ1v) is 8.94. The molecule has 0 aliphatic heterocycles. The predicted octanol–water partition coefficient (Wildman–Crippen LogP) is 2.24. The molecule has 5 heteroatoms. The molecule has 0 rings (SSSR count). The van der Waals surface area contributed by atoms with Gasteiger partial charge in [-0.2, -0.15) is 0 Å². The van der Waals surface area contributed by atoms with Gasteiger partial charge in [0.25, 0.3) is 0 Å². The van der Waals surface area contributed by atoms with Crippen molar-refractivity contribution in [3.05, 3.63) is 0 Å². The van der Waals surface area contributed by atoms with Gasteiger partial charge in [-0.05, 0) is 0 Å². The van der Waals surface area contributed by atoms with E-state index in [0.717, 1.165) is 11.1 Å². The Hall–Kier alpha value is 0.0143. The zero-order chi connectivity index (χ0) is 10.9. The Balaban J connectivity index is 3.88. The maximum absolute atomic E-state index is 9.84. The van der Waals surface area contributed by atoms with Crippen molar-refractivity contribution in [1.82, 2.24) is 0 Å². The third-order valence-corrected chi connectivity index (χ3v) is 6.64. The molecule has 0 atom stereocenters. The molecule has 0 spiro atoms. The molecule has 0 aromatic carbocycles. The molecule has 0 fully saturated rings. The topological polar surface area (TPSA) is 47.9 Å². The van der Waals surface area contributed by atoms with E-state index in [9.17, 15) is 4.79 Å². The average molecular weight is 237 g/mol. The zero-order valence-corrected chi connectivity index (χ0v) is 10.8. The third-order valence-electron chi connectivity index (χ3n) is 1.86. The second-order valence-electron chi connectivity index (χ2n) is 3.08. The molecule has 0 bridgehead atoms. The second-order valence-corrected chi connectivity index (χ2v) is 8.30. The summed E-state index contributed by atoms with van der Waals surface area (Å²) in [4.78, 5) is 13.4. The fourth-order valence-electron chi connectivity index (χ4n) is 1.32. The maximum atomic E-state index is 9.84. The van der Waals surface area contributed by atoms with Gasteiger partial charge in [0.2, 0.25) is 0 Å². The molecule has 4 nitrogen and oxygen atoms in total. The molecule has 0 saturated heterocycles. The van der Waals surface area contributed by atoms with E-state index < -0.39 is 17.4 Å². The number of isocyanates is 1. The van der Waals surface area contributed by atoms with E-state index in [1.54, 1.807) is 0 Å². The van der Waals surface area contributed by atoms with Crippen LogP contribution in [-0.2, 0) is 28.8 Å². The molecule has 0 N–H and O–H groups in total. The molecule has 0 aromatic rings. The zero-order valence-electron chi connectivity index (χ0n) is 9.21. The van der Waals surface area contributed by atoms with Gasteiger partial charge >= 0.3 is 89.8 Å². The van der Waals surface area contributed by atoms with E-state index in [1.165, 1.54) is 6.08 Å². The van der Waals surface area contributed by atoms with Crippen molar-refractivity contribution in [3.8, 4) is 0 Å². The van der Waals surface area contributed by atoms with Crippen LogP contribution in [0.3, 0.4) is 0 Å². The fourth-order valence-corrected chi connectivity index (χ4v) is 5.06. The Kier molecular flexibility index (Phi) is 8.34. The van der Waals surface area contributed by atoms with E-state index in [4.69, 9.17) is 6.64 Å². The van der Waals surface area contributed by atoms with Crippen molar-refractivity contribution in [2.24, 2.45) is 4.99 Å². The van der Waals surface area contributed by atoms with Crippen molar-refractivity contribution < 1.29 is 28.8 Å². The van der Waals surface area contributed by atoms with Crippen LogP contribution in [0.2, 0.25) is 9.95 Å². The second kappa shape index (κ2) is 8.33. The van der Waals surface area contributed by atoms with Gasteiger partial charge < -0.3 is 0 Å². The van der Waals surface area contributed by atoms with E-state index in [1.807, 2.05) is 13.8 Å². The summed E-state index contributed by atoms with van der Waals surface area (Å²) in [7, 11) is 0. The third kappa shape index (κ3) is 6.47. The molecule has 0 aromatic heterocycles. The molecular formula is C9H19NO3Ti. The average Bonchev–Trinajstić information content (AvgIpc) is 2.13. The van der Waals surface area contributed by atoms with E-state index in [-0.39, 0.29) is 0 Å². The van der Waals surface area contributed by atoms with Gasteiger partial charge in [0.05, 0.1) is 0 Å². The fraction of sp³-hybridized carbons (Fsp3) is 0.889. The van der Waals surface area contributed by atoms with Crippen molar-refractivity contribution >= 4 is 6.08 Å². The predicted molar refractivity (Wildman–Crippen MR) is 51.5 cm³/mol. The molecule has 0 saturated carbocycles. The Bertz CT molecular complexity index is 186. The molecule has 0 aliphatic carbocycles. The number of nitrogens with zero attached hydrogens (tertiary/aromatic N) is 1. The summed E-state index contributed by atoms with van der Waals surface area (Å²) in [6.07, 6.45) is 2.39. The van der Waals surface area contributed by atoms with Crippen LogP contribution in [0.1, 0.15) is 20.3 Å². The van der Waals surface area contributed by atoms with Crippen LogP contribution in [0.25, 0.3) is 0 Å². The number of aliphatic imine (C=N–C) groups is 1. The minimum atomic E-state index is -2.50. The molecule has 14 heavy (non-hydrogen) atoms. The van der Waals surface area contributed by atoms with Crippen LogP contribution in [0.5, 0.6) is 0 Å². The van der Waals surface area contributed by atoms with Gasteiger partial charge in [0.15, 0.2) is 0 Å². The Morgan fingerprint density at radius 1 is 1.29 bits per heavy atom. The van der Waals surface area contributed by atoms with Crippen LogP contribution in [0.15, 0.2) is 4.99 Å². The SMILES string of the molecule is CC[O][Ti]([CH3])([CH2]CCN=C=O)[O]CC. The van der Waals surface area contributed by atoms with Gasteiger partial charge in [0.1, 0.15) is 0 Å². The molecule has 0 unspecified atom stereocenters. The van der Waals surface area contributed by atoms with Gasteiger partial charge in [0, 0.05) is 0 Å². The number of hydrogen-bond acceptors (Lipinski definition) is 4. The standard InChI is InChI=1S/C4H6NO.2C2H5O.CH3.Ti/c1-2-3-5-4-6;2*1-2-3;;/h1-3H2;2*2H2,1H3;1H3;/q;2*-1;;+2. The first-order chi connectivity index (χ1) is 6.68. The Morgan fingerprint density at radius 2 is 1.86 bits per heavy atom. The summed E-state index contributed by atoms with van der Waals surface area (Å²) in [5.41, 5.74) is 0. The van der Waals surface area contributed by atoms with Crippen molar-refractivity contribution in [3.63, 3.8) is 0 Å². The van der Waals surface area contributed by atoms with Crippen molar-refractivity contribution in [2.75, 3.05) is 19.8 Å². The summed E-state index contributed by atoms with van der Waals surface area (Å²) >= 11 is -2.50. The Labute approximate surface area is 90.0 Å². The number of hydrogen-bond donors (Lipinski definition) is 0. The number of carbonyl (C=O) groups excluding carboxylic acids is 1.